The number of nitrogens with one attached hydrogen (secondary N) is 2. The van der Waals surface area contributed by atoms with Crippen molar-refractivity contribution < 1.29 is 4.74 Å². The van der Waals surface area contributed by atoms with Gasteiger partial charge in [-0.15, -0.1) is 0 Å². The van der Waals surface area contributed by atoms with E-state index in [4.69, 9.17) is 16.3 Å². The highest BCUT2D eigenvalue weighted by molar-refractivity contribution is 6.30. The first-order valence-electron chi connectivity index (χ1n) is 9.18. The van der Waals surface area contributed by atoms with E-state index in [9.17, 15) is 0 Å². The molecule has 1 fully saturated rings. The molecule has 1 saturated heterocycles. The Morgan fingerprint density at radius 1 is 1.22 bits per heavy atom. The average molecular weight is 388 g/mol. The second-order valence-corrected chi connectivity index (χ2v) is 6.78. The van der Waals surface area contributed by atoms with Gasteiger partial charge in [0.15, 0.2) is 5.96 Å². The maximum atomic E-state index is 6.23. The number of aliphatic imine (C=N–C) groups is 1. The van der Waals surface area contributed by atoms with E-state index >= 15 is 0 Å². The van der Waals surface area contributed by atoms with Gasteiger partial charge in [0.2, 0.25) is 0 Å². The summed E-state index contributed by atoms with van der Waals surface area (Å²) >= 11 is 6.23. The molecule has 0 bridgehead atoms. The normalized spacial score (nSPS) is 16.7. The van der Waals surface area contributed by atoms with Crippen molar-refractivity contribution in [1.82, 2.24) is 20.5 Å². The molecule has 2 heterocycles. The summed E-state index contributed by atoms with van der Waals surface area (Å²) in [5, 5.41) is 7.51. The van der Waals surface area contributed by atoms with Crippen molar-refractivity contribution in [3.05, 3.63) is 64.9 Å². The van der Waals surface area contributed by atoms with Crippen LogP contribution >= 0.6 is 11.6 Å². The second kappa shape index (κ2) is 10.3. The summed E-state index contributed by atoms with van der Waals surface area (Å²) in [5.74, 6) is 0.751. The molecular weight excluding hydrogens is 362 g/mol. The molecule has 3 rings (SSSR count). The van der Waals surface area contributed by atoms with Crippen LogP contribution in [0.5, 0.6) is 0 Å². The highest BCUT2D eigenvalue weighted by Crippen LogP contribution is 2.23. The summed E-state index contributed by atoms with van der Waals surface area (Å²) < 4.78 is 5.51. The summed E-state index contributed by atoms with van der Waals surface area (Å²) in [6.45, 7) is 4.66. The zero-order chi connectivity index (χ0) is 18.9. The Hall–Kier alpha value is -2.15. The minimum Gasteiger partial charge on any atom is -0.379 e. The molecule has 1 atom stereocenters. The van der Waals surface area contributed by atoms with E-state index in [1.807, 2.05) is 36.4 Å². The van der Waals surface area contributed by atoms with Gasteiger partial charge < -0.3 is 15.4 Å². The Kier molecular flexibility index (Phi) is 7.45. The van der Waals surface area contributed by atoms with Crippen LogP contribution in [0.15, 0.2) is 53.7 Å². The molecule has 1 aliphatic heterocycles. The molecule has 0 spiro atoms. The molecule has 0 aliphatic carbocycles. The first-order valence-corrected chi connectivity index (χ1v) is 9.56. The van der Waals surface area contributed by atoms with Crippen LogP contribution in [0, 0.1) is 0 Å². The molecule has 1 aromatic heterocycles. The number of ether oxygens (including phenoxy) is 1. The fraction of sp³-hybridized carbons (Fsp3) is 0.400. The second-order valence-electron chi connectivity index (χ2n) is 6.35. The predicted molar refractivity (Wildman–Crippen MR) is 109 cm³/mol. The largest absolute Gasteiger partial charge is 0.379 e. The number of aromatic nitrogens is 1. The maximum Gasteiger partial charge on any atom is 0.191 e. The lowest BCUT2D eigenvalue weighted by Gasteiger charge is -2.35. The lowest BCUT2D eigenvalue weighted by Crippen LogP contribution is -2.46. The van der Waals surface area contributed by atoms with Gasteiger partial charge in [0.1, 0.15) is 0 Å². The van der Waals surface area contributed by atoms with Gasteiger partial charge in [0.05, 0.1) is 31.5 Å². The molecule has 0 saturated carbocycles. The Bertz CT molecular complexity index is 734. The number of hydrogen-bond acceptors (Lipinski definition) is 4. The molecule has 2 N–H and O–H groups in total. The molecule has 0 radical (unpaired) electrons. The quantitative estimate of drug-likeness (QED) is 0.589. The Morgan fingerprint density at radius 2 is 2.07 bits per heavy atom. The van der Waals surface area contributed by atoms with Crippen molar-refractivity contribution in [1.29, 1.82) is 0 Å². The smallest absolute Gasteiger partial charge is 0.191 e. The van der Waals surface area contributed by atoms with Gasteiger partial charge in [-0.2, -0.15) is 0 Å². The number of hydrogen-bond donors (Lipinski definition) is 2. The van der Waals surface area contributed by atoms with E-state index in [2.05, 4.69) is 31.6 Å². The van der Waals surface area contributed by atoms with E-state index in [0.717, 1.165) is 49.5 Å². The number of rotatable bonds is 6. The van der Waals surface area contributed by atoms with E-state index in [-0.39, 0.29) is 6.04 Å². The highest BCUT2D eigenvalue weighted by Gasteiger charge is 2.23. The summed E-state index contributed by atoms with van der Waals surface area (Å²) in [4.78, 5) is 11.1. The third-order valence-corrected chi connectivity index (χ3v) is 4.80. The molecule has 1 aromatic carbocycles. The number of halogens is 1. The Morgan fingerprint density at radius 3 is 2.78 bits per heavy atom. The van der Waals surface area contributed by atoms with Crippen LogP contribution in [0.25, 0.3) is 0 Å². The third kappa shape index (κ3) is 5.92. The number of pyridine rings is 1. The molecule has 2 aromatic rings. The molecule has 1 unspecified atom stereocenters. The Labute approximate surface area is 165 Å². The van der Waals surface area contributed by atoms with Gasteiger partial charge in [0, 0.05) is 37.9 Å². The predicted octanol–water partition coefficient (Wildman–Crippen LogP) is 2.47. The standard InChI is InChI=1S/C20H26ClN5O/c1-22-20(24-14-18-7-2-3-8-23-18)25-15-19(26-9-11-27-12-10-26)16-5-4-6-17(21)13-16/h2-8,13,19H,9-12,14-15H2,1H3,(H2,22,24,25). The number of guanidine groups is 1. The van der Waals surface area contributed by atoms with Gasteiger partial charge in [0.25, 0.3) is 0 Å². The minimum absolute atomic E-state index is 0.195. The lowest BCUT2D eigenvalue weighted by molar-refractivity contribution is 0.0170. The summed E-state index contributed by atoms with van der Waals surface area (Å²) in [6.07, 6.45) is 1.79. The summed E-state index contributed by atoms with van der Waals surface area (Å²) in [5.41, 5.74) is 2.16. The number of nitrogens with zero attached hydrogens (tertiary/aromatic N) is 3. The van der Waals surface area contributed by atoms with Crippen LogP contribution in [-0.4, -0.2) is 55.7 Å². The van der Waals surface area contributed by atoms with E-state index < -0.39 is 0 Å². The molecule has 144 valence electrons. The van der Waals surface area contributed by atoms with Crippen molar-refractivity contribution in [2.45, 2.75) is 12.6 Å². The zero-order valence-corrected chi connectivity index (χ0v) is 16.3. The van der Waals surface area contributed by atoms with Crippen molar-refractivity contribution in [3.63, 3.8) is 0 Å². The van der Waals surface area contributed by atoms with Gasteiger partial charge in [-0.05, 0) is 29.8 Å². The van der Waals surface area contributed by atoms with Crippen LogP contribution in [-0.2, 0) is 11.3 Å². The van der Waals surface area contributed by atoms with E-state index in [1.165, 1.54) is 5.56 Å². The van der Waals surface area contributed by atoms with E-state index in [1.54, 1.807) is 13.2 Å². The van der Waals surface area contributed by atoms with Crippen molar-refractivity contribution in [2.75, 3.05) is 39.9 Å². The van der Waals surface area contributed by atoms with Gasteiger partial charge in [-0.3, -0.25) is 14.9 Å². The Balaban J connectivity index is 1.64. The monoisotopic (exact) mass is 387 g/mol. The van der Waals surface area contributed by atoms with Crippen LogP contribution in [0.4, 0.5) is 0 Å². The SMILES string of the molecule is CN=C(NCc1ccccn1)NCC(c1cccc(Cl)c1)N1CCOCC1. The maximum absolute atomic E-state index is 6.23. The molecule has 7 heteroatoms. The van der Waals surface area contributed by atoms with Crippen LogP contribution in [0.3, 0.4) is 0 Å². The van der Waals surface area contributed by atoms with Gasteiger partial charge in [-0.1, -0.05) is 29.8 Å². The van der Waals surface area contributed by atoms with Crippen LogP contribution < -0.4 is 10.6 Å². The first-order chi connectivity index (χ1) is 13.3. The molecule has 1 aliphatic rings. The van der Waals surface area contributed by atoms with Gasteiger partial charge in [-0.25, -0.2) is 0 Å². The van der Waals surface area contributed by atoms with Crippen molar-refractivity contribution >= 4 is 17.6 Å². The fourth-order valence-electron chi connectivity index (χ4n) is 3.15. The minimum atomic E-state index is 0.195. The van der Waals surface area contributed by atoms with Crippen LogP contribution in [0.1, 0.15) is 17.3 Å². The van der Waals surface area contributed by atoms with Crippen molar-refractivity contribution in [3.8, 4) is 0 Å². The summed E-state index contributed by atoms with van der Waals surface area (Å²) in [6, 6.07) is 14.1. The average Bonchev–Trinajstić information content (AvgIpc) is 2.72. The molecule has 27 heavy (non-hydrogen) atoms. The number of morpholine rings is 1. The lowest BCUT2D eigenvalue weighted by atomic mass is 10.0. The number of benzene rings is 1. The topological polar surface area (TPSA) is 61.8 Å². The zero-order valence-electron chi connectivity index (χ0n) is 15.6. The molecular formula is C20H26ClN5O. The highest BCUT2D eigenvalue weighted by atomic mass is 35.5. The summed E-state index contributed by atoms with van der Waals surface area (Å²) in [7, 11) is 1.77. The first kappa shape index (κ1) is 19.6. The molecule has 0 amide bonds. The van der Waals surface area contributed by atoms with Crippen LogP contribution in [0.2, 0.25) is 5.02 Å². The van der Waals surface area contributed by atoms with Gasteiger partial charge >= 0.3 is 0 Å². The third-order valence-electron chi connectivity index (χ3n) is 4.57. The molecule has 6 nitrogen and oxygen atoms in total. The fourth-order valence-corrected chi connectivity index (χ4v) is 3.35. The van der Waals surface area contributed by atoms with Crippen molar-refractivity contribution in [2.24, 2.45) is 4.99 Å². The van der Waals surface area contributed by atoms with E-state index in [0.29, 0.717) is 6.54 Å².